The normalized spacial score (nSPS) is 11.6. The van der Waals surface area contributed by atoms with Crippen LogP contribution in [0.1, 0.15) is 182 Å². The molecule has 0 heterocycles. The molecule has 0 aromatic carbocycles. The number of rotatable bonds is 28. The number of nitrogens with zero attached hydrogens (tertiary/aromatic N) is 1. The van der Waals surface area contributed by atoms with E-state index in [1.165, 1.54) is 185 Å². The van der Waals surface area contributed by atoms with Crippen LogP contribution in [0.5, 0.6) is 0 Å². The number of quaternary nitrogens is 1. The molecule has 0 aromatic rings. The molecule has 0 aromatic heterocycles. The first-order valence-corrected chi connectivity index (χ1v) is 16.1. The van der Waals surface area contributed by atoms with Gasteiger partial charge in [0.15, 0.2) is 0 Å². The van der Waals surface area contributed by atoms with Crippen molar-refractivity contribution in [3.8, 4) is 0 Å². The maximum absolute atomic E-state index is 2.34. The van der Waals surface area contributed by atoms with E-state index in [0.717, 1.165) is 0 Å². The summed E-state index contributed by atoms with van der Waals surface area (Å²) in [4.78, 5) is 0. The lowest BCUT2D eigenvalue weighted by Crippen LogP contribution is -2.50. The molecule has 0 unspecified atom stereocenters. The average Bonchev–Trinajstić information content (AvgIpc) is 2.83. The van der Waals surface area contributed by atoms with E-state index in [1.807, 2.05) is 0 Å². The molecule has 0 atom stereocenters. The fourth-order valence-corrected chi connectivity index (χ4v) is 5.58. The molecule has 2 heteroatoms. The van der Waals surface area contributed by atoms with Crippen LogP contribution in [0, 0.1) is 0 Å². The average molecular weight is 487 g/mol. The Morgan fingerprint density at radius 3 is 0.647 bits per heavy atom. The zero-order valence-corrected chi connectivity index (χ0v) is 24.7. The van der Waals surface area contributed by atoms with E-state index in [4.69, 9.17) is 0 Å². The minimum atomic E-state index is 0. The van der Waals surface area contributed by atoms with E-state index in [-0.39, 0.29) is 4.70 Å². The molecule has 0 radical (unpaired) electrons. The van der Waals surface area contributed by atoms with Gasteiger partial charge in [-0.05, 0) is 51.4 Å². The minimum Gasteiger partial charge on any atom is -0.324 e. The summed E-state index contributed by atoms with van der Waals surface area (Å²) in [7, 11) is 0. The van der Waals surface area contributed by atoms with Crippen LogP contribution in [0.3, 0.4) is 0 Å². The molecular weight excluding hydrogens is 417 g/mol. The summed E-state index contributed by atoms with van der Waals surface area (Å²) in [5, 5.41) is 0. The lowest BCUT2D eigenvalue weighted by molar-refractivity contribution is -0.929. The zero-order valence-electron chi connectivity index (χ0n) is 24.7. The zero-order chi connectivity index (χ0) is 24.3. The van der Waals surface area contributed by atoms with Gasteiger partial charge in [0, 0.05) is 0 Å². The van der Waals surface area contributed by atoms with Crippen molar-refractivity contribution in [1.82, 2.24) is 0 Å². The first-order valence-electron chi connectivity index (χ1n) is 16.1. The Bertz CT molecular complexity index is 287. The number of hydrogen-bond donors (Lipinski definition) is 0. The standard InChI is InChI=1S/C32H68N.FH/c1-5-9-13-17-21-25-29-33(30-26-22-18-14-10-6-2,31-27-23-19-15-11-7-3)32-28-24-20-16-12-8-4;/h5-32H2,1-4H3;1H/q+1;. The van der Waals surface area contributed by atoms with Crippen LogP contribution in [0.2, 0.25) is 0 Å². The van der Waals surface area contributed by atoms with Crippen molar-refractivity contribution in [2.45, 2.75) is 182 Å². The van der Waals surface area contributed by atoms with Gasteiger partial charge in [0.25, 0.3) is 0 Å². The number of halogens is 1. The fraction of sp³-hybridized carbons (Fsp3) is 1.00. The summed E-state index contributed by atoms with van der Waals surface area (Å²) in [5.74, 6) is 0. The SMILES string of the molecule is CCCCCCCC[N+](CCCCCCCC)(CCCCCCCC)CCCCCCCC.F. The predicted molar refractivity (Wildman–Crippen MR) is 156 cm³/mol. The third-order valence-electron chi connectivity index (χ3n) is 7.94. The number of hydrogen-bond acceptors (Lipinski definition) is 0. The van der Waals surface area contributed by atoms with E-state index >= 15 is 0 Å². The van der Waals surface area contributed by atoms with Gasteiger partial charge in [0.1, 0.15) is 0 Å². The third kappa shape index (κ3) is 23.6. The van der Waals surface area contributed by atoms with Gasteiger partial charge in [-0.2, -0.15) is 0 Å². The summed E-state index contributed by atoms with van der Waals surface area (Å²) in [6, 6.07) is 0. The summed E-state index contributed by atoms with van der Waals surface area (Å²) in [6.45, 7) is 15.3. The Balaban J connectivity index is 0. The summed E-state index contributed by atoms with van der Waals surface area (Å²) in [6.07, 6.45) is 34.8. The van der Waals surface area contributed by atoms with E-state index in [0.29, 0.717) is 0 Å². The molecule has 1 nitrogen and oxygen atoms in total. The maximum Gasteiger partial charge on any atom is 0.0786 e. The van der Waals surface area contributed by atoms with E-state index in [2.05, 4.69) is 27.7 Å². The Morgan fingerprint density at radius 1 is 0.265 bits per heavy atom. The first-order chi connectivity index (χ1) is 16.2. The smallest absolute Gasteiger partial charge is 0.0786 e. The molecule has 0 aliphatic heterocycles. The second kappa shape index (κ2) is 29.1. The van der Waals surface area contributed by atoms with Gasteiger partial charge >= 0.3 is 0 Å². The highest BCUT2D eigenvalue weighted by atomic mass is 19.0. The molecule has 208 valence electrons. The Hall–Kier alpha value is -0.110. The minimum absolute atomic E-state index is 0. The first kappa shape index (κ1) is 36.0. The highest BCUT2D eigenvalue weighted by Crippen LogP contribution is 2.20. The van der Waals surface area contributed by atoms with Crippen molar-refractivity contribution >= 4 is 0 Å². The summed E-state index contributed by atoms with van der Waals surface area (Å²) >= 11 is 0. The van der Waals surface area contributed by atoms with E-state index in [1.54, 1.807) is 0 Å². The van der Waals surface area contributed by atoms with Gasteiger partial charge in [-0.3, -0.25) is 4.70 Å². The predicted octanol–water partition coefficient (Wildman–Crippen LogP) is 11.4. The lowest BCUT2D eigenvalue weighted by atomic mass is 10.0. The van der Waals surface area contributed by atoms with Gasteiger partial charge in [0.2, 0.25) is 0 Å². The Labute approximate surface area is 217 Å². The third-order valence-corrected chi connectivity index (χ3v) is 7.94. The monoisotopic (exact) mass is 487 g/mol. The highest BCUT2D eigenvalue weighted by molar-refractivity contribution is 4.55. The van der Waals surface area contributed by atoms with Gasteiger partial charge in [0.05, 0.1) is 26.2 Å². The molecule has 0 saturated carbocycles. The lowest BCUT2D eigenvalue weighted by Gasteiger charge is -2.40. The molecule has 0 amide bonds. The van der Waals surface area contributed by atoms with Gasteiger partial charge < -0.3 is 4.48 Å². The summed E-state index contributed by atoms with van der Waals surface area (Å²) < 4.78 is 1.48. The quantitative estimate of drug-likeness (QED) is 0.0761. The Kier molecular flexibility index (Phi) is 30.9. The second-order valence-electron chi connectivity index (χ2n) is 11.3. The Morgan fingerprint density at radius 2 is 0.441 bits per heavy atom. The number of unbranched alkanes of at least 4 members (excludes halogenated alkanes) is 20. The van der Waals surface area contributed by atoms with Gasteiger partial charge in [-0.25, -0.2) is 0 Å². The second-order valence-corrected chi connectivity index (χ2v) is 11.3. The molecule has 0 spiro atoms. The van der Waals surface area contributed by atoms with E-state index < -0.39 is 0 Å². The molecule has 0 fully saturated rings. The van der Waals surface area contributed by atoms with Crippen LogP contribution in [-0.4, -0.2) is 30.7 Å². The summed E-state index contributed by atoms with van der Waals surface area (Å²) in [5.41, 5.74) is 0. The van der Waals surface area contributed by atoms with Crippen LogP contribution < -0.4 is 0 Å². The van der Waals surface area contributed by atoms with Crippen molar-refractivity contribution < 1.29 is 9.19 Å². The molecule has 34 heavy (non-hydrogen) atoms. The van der Waals surface area contributed by atoms with Crippen molar-refractivity contribution in [2.24, 2.45) is 0 Å². The van der Waals surface area contributed by atoms with Crippen LogP contribution in [0.25, 0.3) is 0 Å². The van der Waals surface area contributed by atoms with Crippen LogP contribution in [0.4, 0.5) is 4.70 Å². The van der Waals surface area contributed by atoms with Crippen LogP contribution >= 0.6 is 0 Å². The van der Waals surface area contributed by atoms with Crippen molar-refractivity contribution in [3.63, 3.8) is 0 Å². The van der Waals surface area contributed by atoms with Crippen LogP contribution in [0.15, 0.2) is 0 Å². The van der Waals surface area contributed by atoms with Crippen molar-refractivity contribution in [3.05, 3.63) is 0 Å². The highest BCUT2D eigenvalue weighted by Gasteiger charge is 2.25. The maximum atomic E-state index is 2.34. The molecule has 0 N–H and O–H groups in total. The van der Waals surface area contributed by atoms with E-state index in [9.17, 15) is 0 Å². The molecule has 0 rings (SSSR count). The van der Waals surface area contributed by atoms with Gasteiger partial charge in [-0.1, -0.05) is 130 Å². The molecule has 0 saturated heterocycles. The molecule has 0 aliphatic rings. The van der Waals surface area contributed by atoms with Crippen molar-refractivity contribution in [1.29, 1.82) is 0 Å². The molecule has 0 bridgehead atoms. The van der Waals surface area contributed by atoms with Gasteiger partial charge in [-0.15, -0.1) is 0 Å². The van der Waals surface area contributed by atoms with Crippen LogP contribution in [-0.2, 0) is 0 Å². The van der Waals surface area contributed by atoms with Crippen molar-refractivity contribution in [2.75, 3.05) is 26.2 Å². The molecule has 0 aliphatic carbocycles. The fourth-order valence-electron chi connectivity index (χ4n) is 5.58. The topological polar surface area (TPSA) is 0 Å². The molecular formula is C32H69FN+. The largest absolute Gasteiger partial charge is 0.324 e.